The average molecular weight is 406 g/mol. The molecule has 1 amide bonds. The maximum atomic E-state index is 14.2. The summed E-state index contributed by atoms with van der Waals surface area (Å²) in [5, 5.41) is 12.9. The molecule has 152 valence electrons. The summed E-state index contributed by atoms with van der Waals surface area (Å²) >= 11 is 0. The van der Waals surface area contributed by atoms with E-state index in [2.05, 4.69) is 20.2 Å². The van der Waals surface area contributed by atoms with Gasteiger partial charge >= 0.3 is 0 Å². The van der Waals surface area contributed by atoms with Crippen LogP contribution in [0.5, 0.6) is 0 Å². The van der Waals surface area contributed by atoms with Gasteiger partial charge in [-0.1, -0.05) is 12.1 Å². The fourth-order valence-electron chi connectivity index (χ4n) is 3.67. The lowest BCUT2D eigenvalue weighted by atomic mass is 10.2. The molecule has 30 heavy (non-hydrogen) atoms. The molecule has 4 aromatic rings. The van der Waals surface area contributed by atoms with E-state index in [0.717, 1.165) is 5.82 Å². The van der Waals surface area contributed by atoms with Crippen LogP contribution in [-0.2, 0) is 0 Å². The van der Waals surface area contributed by atoms with Gasteiger partial charge in [0.05, 0.1) is 17.4 Å². The monoisotopic (exact) mass is 406 g/mol. The first-order valence-electron chi connectivity index (χ1n) is 9.67. The molecule has 0 unspecified atom stereocenters. The van der Waals surface area contributed by atoms with E-state index in [1.165, 1.54) is 12.3 Å². The molecule has 0 saturated carbocycles. The minimum Gasteiger partial charge on any atom is -0.469 e. The van der Waals surface area contributed by atoms with Crippen molar-refractivity contribution in [1.82, 2.24) is 24.7 Å². The molecule has 1 aliphatic rings. The fourth-order valence-corrected chi connectivity index (χ4v) is 3.67. The van der Waals surface area contributed by atoms with Crippen LogP contribution in [0.4, 0.5) is 10.2 Å². The van der Waals surface area contributed by atoms with Gasteiger partial charge in [-0.25, -0.2) is 4.39 Å². The Balaban J connectivity index is 1.37. The molecule has 1 saturated heterocycles. The first-order chi connectivity index (χ1) is 14.6. The second kappa shape index (κ2) is 7.25. The van der Waals surface area contributed by atoms with Crippen LogP contribution in [-0.4, -0.2) is 56.8 Å². The average Bonchev–Trinajstić information content (AvgIpc) is 3.39. The van der Waals surface area contributed by atoms with Crippen molar-refractivity contribution in [3.8, 4) is 11.4 Å². The topological polar surface area (TPSA) is 79.8 Å². The van der Waals surface area contributed by atoms with Crippen LogP contribution in [0, 0.1) is 12.7 Å². The smallest absolute Gasteiger partial charge is 0.257 e. The van der Waals surface area contributed by atoms with Crippen molar-refractivity contribution in [1.29, 1.82) is 0 Å². The third-order valence-electron chi connectivity index (χ3n) is 5.34. The SMILES string of the molecule is Cc1occc1C(=O)N1CCN(c2ccc3nnc(-c4ccccc4F)n3n2)CC1. The van der Waals surface area contributed by atoms with Crippen molar-refractivity contribution >= 4 is 17.4 Å². The zero-order valence-electron chi connectivity index (χ0n) is 16.3. The van der Waals surface area contributed by atoms with Gasteiger partial charge in [0.1, 0.15) is 17.4 Å². The van der Waals surface area contributed by atoms with Gasteiger partial charge < -0.3 is 14.2 Å². The highest BCUT2D eigenvalue weighted by Crippen LogP contribution is 2.23. The summed E-state index contributed by atoms with van der Waals surface area (Å²) in [5.74, 6) is 1.31. The van der Waals surface area contributed by atoms with Crippen LogP contribution in [0.2, 0.25) is 0 Å². The van der Waals surface area contributed by atoms with Crippen LogP contribution in [0.15, 0.2) is 53.1 Å². The number of rotatable bonds is 3. The molecule has 0 aliphatic carbocycles. The zero-order chi connectivity index (χ0) is 20.7. The summed E-state index contributed by atoms with van der Waals surface area (Å²) in [7, 11) is 0. The Labute approximate surface area is 171 Å². The Hall–Kier alpha value is -3.75. The van der Waals surface area contributed by atoms with Gasteiger partial charge in [0, 0.05) is 26.2 Å². The lowest BCUT2D eigenvalue weighted by Gasteiger charge is -2.35. The van der Waals surface area contributed by atoms with Crippen molar-refractivity contribution in [2.24, 2.45) is 0 Å². The first-order valence-corrected chi connectivity index (χ1v) is 9.67. The maximum Gasteiger partial charge on any atom is 0.257 e. The normalized spacial score (nSPS) is 14.5. The zero-order valence-corrected chi connectivity index (χ0v) is 16.3. The van der Waals surface area contributed by atoms with Crippen molar-refractivity contribution in [2.75, 3.05) is 31.1 Å². The highest BCUT2D eigenvalue weighted by Gasteiger charge is 2.25. The van der Waals surface area contributed by atoms with E-state index in [-0.39, 0.29) is 11.7 Å². The van der Waals surface area contributed by atoms with Gasteiger partial charge in [-0.3, -0.25) is 4.79 Å². The quantitative estimate of drug-likeness (QED) is 0.521. The van der Waals surface area contributed by atoms with Crippen molar-refractivity contribution in [3.63, 3.8) is 0 Å². The van der Waals surface area contributed by atoms with E-state index in [0.29, 0.717) is 54.5 Å². The molecule has 8 nitrogen and oxygen atoms in total. The number of fused-ring (bicyclic) bond motifs is 1. The number of anilines is 1. The van der Waals surface area contributed by atoms with E-state index in [9.17, 15) is 9.18 Å². The number of amides is 1. The Morgan fingerprint density at radius 3 is 2.57 bits per heavy atom. The largest absolute Gasteiger partial charge is 0.469 e. The highest BCUT2D eigenvalue weighted by molar-refractivity contribution is 5.95. The molecule has 5 rings (SSSR count). The number of aromatic nitrogens is 4. The number of furan rings is 1. The Morgan fingerprint density at radius 2 is 1.83 bits per heavy atom. The third-order valence-corrected chi connectivity index (χ3v) is 5.34. The highest BCUT2D eigenvalue weighted by atomic mass is 19.1. The number of halogens is 1. The number of aryl methyl sites for hydroxylation is 1. The molecule has 9 heteroatoms. The summed E-state index contributed by atoms with van der Waals surface area (Å²) in [6, 6.07) is 11.8. The number of hydrogen-bond donors (Lipinski definition) is 0. The predicted octanol–water partition coefficient (Wildman–Crippen LogP) is 2.79. The lowest BCUT2D eigenvalue weighted by Crippen LogP contribution is -2.49. The molecule has 0 N–H and O–H groups in total. The molecular weight excluding hydrogens is 387 g/mol. The van der Waals surface area contributed by atoms with Gasteiger partial charge in [-0.05, 0) is 37.3 Å². The summed E-state index contributed by atoms with van der Waals surface area (Å²) in [6.07, 6.45) is 1.53. The number of carbonyl (C=O) groups excluding carboxylic acids is 1. The number of piperazine rings is 1. The molecule has 0 atom stereocenters. The van der Waals surface area contributed by atoms with Crippen molar-refractivity contribution < 1.29 is 13.6 Å². The summed E-state index contributed by atoms with van der Waals surface area (Å²) in [4.78, 5) is 16.6. The van der Waals surface area contributed by atoms with E-state index in [1.54, 1.807) is 35.7 Å². The second-order valence-electron chi connectivity index (χ2n) is 7.13. The van der Waals surface area contributed by atoms with E-state index in [4.69, 9.17) is 4.42 Å². The molecular formula is C21H19FN6O2. The minimum absolute atomic E-state index is 0.0232. The number of nitrogens with zero attached hydrogens (tertiary/aromatic N) is 6. The van der Waals surface area contributed by atoms with Crippen LogP contribution in [0.3, 0.4) is 0 Å². The van der Waals surface area contributed by atoms with Gasteiger partial charge in [-0.15, -0.1) is 15.3 Å². The molecule has 4 heterocycles. The first kappa shape index (κ1) is 18.3. The molecule has 1 aromatic carbocycles. The third kappa shape index (κ3) is 3.08. The Kier molecular flexibility index (Phi) is 4.42. The number of hydrogen-bond acceptors (Lipinski definition) is 6. The lowest BCUT2D eigenvalue weighted by molar-refractivity contribution is 0.0744. The van der Waals surface area contributed by atoms with E-state index >= 15 is 0 Å². The van der Waals surface area contributed by atoms with Crippen LogP contribution < -0.4 is 4.90 Å². The van der Waals surface area contributed by atoms with Crippen LogP contribution in [0.25, 0.3) is 17.0 Å². The van der Waals surface area contributed by atoms with Crippen molar-refractivity contribution in [3.05, 3.63) is 65.9 Å². The molecule has 1 aliphatic heterocycles. The second-order valence-corrected chi connectivity index (χ2v) is 7.13. The van der Waals surface area contributed by atoms with Gasteiger partial charge in [0.15, 0.2) is 11.5 Å². The van der Waals surface area contributed by atoms with Crippen LogP contribution >= 0.6 is 0 Å². The minimum atomic E-state index is -0.374. The van der Waals surface area contributed by atoms with E-state index < -0.39 is 0 Å². The van der Waals surface area contributed by atoms with Crippen LogP contribution in [0.1, 0.15) is 16.1 Å². The molecule has 3 aromatic heterocycles. The van der Waals surface area contributed by atoms with E-state index in [1.807, 2.05) is 17.0 Å². The molecule has 1 fully saturated rings. The Morgan fingerprint density at radius 1 is 1.03 bits per heavy atom. The number of benzene rings is 1. The van der Waals surface area contributed by atoms with Gasteiger partial charge in [0.25, 0.3) is 5.91 Å². The number of carbonyl (C=O) groups is 1. The van der Waals surface area contributed by atoms with Gasteiger partial charge in [0.2, 0.25) is 0 Å². The van der Waals surface area contributed by atoms with Gasteiger partial charge in [-0.2, -0.15) is 4.52 Å². The Bertz CT molecular complexity index is 1230. The molecule has 0 radical (unpaired) electrons. The molecule has 0 bridgehead atoms. The maximum absolute atomic E-state index is 14.2. The summed E-state index contributed by atoms with van der Waals surface area (Å²) in [6.45, 7) is 4.21. The standard InChI is InChI=1S/C21H19FN6O2/c1-14-15(8-13-30-14)21(29)27-11-9-26(10-12-27)19-7-6-18-23-24-20(28(18)25-19)16-4-2-3-5-17(16)22/h2-8,13H,9-12H2,1H3. The summed E-state index contributed by atoms with van der Waals surface area (Å²) in [5.41, 5.74) is 1.49. The predicted molar refractivity (Wildman–Crippen MR) is 108 cm³/mol. The fraction of sp³-hybridized carbons (Fsp3) is 0.238. The molecule has 0 spiro atoms. The summed E-state index contributed by atoms with van der Waals surface area (Å²) < 4.78 is 21.0. The van der Waals surface area contributed by atoms with Crippen molar-refractivity contribution in [2.45, 2.75) is 6.92 Å².